The second-order valence-corrected chi connectivity index (χ2v) is 7.72. The van der Waals surface area contributed by atoms with Crippen molar-refractivity contribution in [3.05, 3.63) is 65.5 Å². The summed E-state index contributed by atoms with van der Waals surface area (Å²) < 4.78 is 7.92. The number of aryl methyl sites for hydroxylation is 2. The van der Waals surface area contributed by atoms with Crippen LogP contribution >= 0.6 is 11.8 Å². The van der Waals surface area contributed by atoms with Gasteiger partial charge in [0.05, 0.1) is 5.75 Å². The van der Waals surface area contributed by atoms with Crippen LogP contribution in [0.15, 0.2) is 53.7 Å². The first-order valence-corrected chi connectivity index (χ1v) is 10.6. The summed E-state index contributed by atoms with van der Waals surface area (Å²) >= 11 is 1.36. The number of aromatic nitrogens is 3. The van der Waals surface area contributed by atoms with Crippen molar-refractivity contribution in [2.24, 2.45) is 7.05 Å². The molecule has 152 valence electrons. The lowest BCUT2D eigenvalue weighted by Gasteiger charge is -2.15. The van der Waals surface area contributed by atoms with Crippen molar-refractivity contribution in [1.29, 1.82) is 0 Å². The summed E-state index contributed by atoms with van der Waals surface area (Å²) in [7, 11) is 1.89. The molecule has 3 rings (SSSR count). The number of amides is 1. The highest BCUT2D eigenvalue weighted by Gasteiger charge is 2.18. The van der Waals surface area contributed by atoms with Gasteiger partial charge in [-0.05, 0) is 43.5 Å². The number of ether oxygens (including phenoxy) is 1. The number of thioether (sulfide) groups is 1. The van der Waals surface area contributed by atoms with Crippen molar-refractivity contribution in [3.63, 3.8) is 0 Å². The molecule has 0 fully saturated rings. The molecule has 0 aliphatic carbocycles. The van der Waals surface area contributed by atoms with Gasteiger partial charge in [-0.3, -0.25) is 4.79 Å². The van der Waals surface area contributed by atoms with Gasteiger partial charge in [-0.1, -0.05) is 55.1 Å². The van der Waals surface area contributed by atoms with Crippen LogP contribution in [0.4, 0.5) is 5.69 Å². The molecule has 0 aliphatic rings. The number of rotatable bonds is 8. The van der Waals surface area contributed by atoms with Crippen molar-refractivity contribution in [2.75, 3.05) is 11.1 Å². The molecule has 2 aromatic carbocycles. The zero-order valence-corrected chi connectivity index (χ0v) is 18.0. The Morgan fingerprint density at radius 2 is 1.90 bits per heavy atom. The van der Waals surface area contributed by atoms with E-state index in [2.05, 4.69) is 22.4 Å². The summed E-state index contributed by atoms with van der Waals surface area (Å²) in [5.74, 6) is 1.74. The molecule has 0 saturated heterocycles. The summed E-state index contributed by atoms with van der Waals surface area (Å²) in [5.41, 5.74) is 3.05. The number of carbonyl (C=O) groups is 1. The summed E-state index contributed by atoms with van der Waals surface area (Å²) in [5, 5.41) is 12.2. The third-order valence-corrected chi connectivity index (χ3v) is 5.65. The van der Waals surface area contributed by atoms with Gasteiger partial charge < -0.3 is 14.6 Å². The highest BCUT2D eigenvalue weighted by Crippen LogP contribution is 2.26. The van der Waals surface area contributed by atoms with Crippen LogP contribution in [-0.2, 0) is 18.3 Å². The van der Waals surface area contributed by atoms with E-state index in [9.17, 15) is 4.79 Å². The van der Waals surface area contributed by atoms with Crippen LogP contribution in [0.5, 0.6) is 5.75 Å². The molecule has 3 aromatic rings. The van der Waals surface area contributed by atoms with Crippen LogP contribution < -0.4 is 10.1 Å². The van der Waals surface area contributed by atoms with Gasteiger partial charge in [0.25, 0.3) is 0 Å². The van der Waals surface area contributed by atoms with E-state index in [-0.39, 0.29) is 17.8 Å². The molecule has 29 heavy (non-hydrogen) atoms. The summed E-state index contributed by atoms with van der Waals surface area (Å²) in [4.78, 5) is 12.4. The molecule has 1 amide bonds. The molecule has 1 aromatic heterocycles. The first-order chi connectivity index (χ1) is 14.0. The molecule has 1 atom stereocenters. The van der Waals surface area contributed by atoms with Crippen molar-refractivity contribution in [2.45, 2.75) is 38.5 Å². The third-order valence-electron chi connectivity index (χ3n) is 4.63. The van der Waals surface area contributed by atoms with Crippen molar-refractivity contribution in [1.82, 2.24) is 14.8 Å². The lowest BCUT2D eigenvalue weighted by molar-refractivity contribution is -0.113. The van der Waals surface area contributed by atoms with Gasteiger partial charge in [-0.2, -0.15) is 0 Å². The van der Waals surface area contributed by atoms with Gasteiger partial charge in [-0.15, -0.1) is 10.2 Å². The highest BCUT2D eigenvalue weighted by atomic mass is 32.2. The minimum atomic E-state index is -0.256. The second kappa shape index (κ2) is 9.60. The van der Waals surface area contributed by atoms with Crippen LogP contribution in [-0.4, -0.2) is 26.4 Å². The first-order valence-electron chi connectivity index (χ1n) is 9.61. The average Bonchev–Trinajstić information content (AvgIpc) is 3.09. The predicted molar refractivity (Wildman–Crippen MR) is 116 cm³/mol. The number of benzene rings is 2. The Balaban J connectivity index is 1.60. The topological polar surface area (TPSA) is 69.0 Å². The maximum absolute atomic E-state index is 12.4. The fourth-order valence-electron chi connectivity index (χ4n) is 3.00. The number of nitrogens with zero attached hydrogens (tertiary/aromatic N) is 3. The van der Waals surface area contributed by atoms with Crippen molar-refractivity contribution >= 4 is 23.4 Å². The first kappa shape index (κ1) is 20.9. The lowest BCUT2D eigenvalue weighted by Crippen LogP contribution is -2.16. The van der Waals surface area contributed by atoms with Gasteiger partial charge in [0.1, 0.15) is 5.75 Å². The Morgan fingerprint density at radius 1 is 1.17 bits per heavy atom. The molecule has 0 aliphatic heterocycles. The zero-order valence-electron chi connectivity index (χ0n) is 17.2. The fourth-order valence-corrected chi connectivity index (χ4v) is 3.72. The number of hydrogen-bond donors (Lipinski definition) is 1. The zero-order chi connectivity index (χ0) is 20.8. The summed E-state index contributed by atoms with van der Waals surface area (Å²) in [6, 6.07) is 15.7. The molecule has 0 spiro atoms. The van der Waals surface area contributed by atoms with E-state index in [4.69, 9.17) is 4.74 Å². The monoisotopic (exact) mass is 410 g/mol. The van der Waals surface area contributed by atoms with Gasteiger partial charge in [-0.25, -0.2) is 0 Å². The maximum Gasteiger partial charge on any atom is 0.234 e. The highest BCUT2D eigenvalue weighted by molar-refractivity contribution is 7.99. The smallest absolute Gasteiger partial charge is 0.234 e. The minimum Gasteiger partial charge on any atom is -0.482 e. The Kier molecular flexibility index (Phi) is 6.93. The van der Waals surface area contributed by atoms with Gasteiger partial charge >= 0.3 is 0 Å². The molecule has 0 saturated carbocycles. The Bertz CT molecular complexity index is 986. The standard InChI is InChI=1S/C22H26N4O2S/c1-5-17-11-7-8-12-18(17)23-20(27)14-29-22-25-24-21(26(22)4)16(3)28-19-13-9-6-10-15(19)2/h6-13,16H,5,14H2,1-4H3,(H,23,27). The fraction of sp³-hybridized carbons (Fsp3) is 0.318. The number of para-hydroxylation sites is 2. The molecule has 6 nitrogen and oxygen atoms in total. The average molecular weight is 411 g/mol. The minimum absolute atomic E-state index is 0.0651. The molecule has 1 unspecified atom stereocenters. The third kappa shape index (κ3) is 5.17. The van der Waals surface area contributed by atoms with E-state index >= 15 is 0 Å². The van der Waals surface area contributed by atoms with E-state index in [1.807, 2.05) is 74.0 Å². The van der Waals surface area contributed by atoms with Crippen LogP contribution in [0, 0.1) is 6.92 Å². The maximum atomic E-state index is 12.4. The van der Waals surface area contributed by atoms with Crippen LogP contribution in [0.25, 0.3) is 0 Å². The van der Waals surface area contributed by atoms with Gasteiger partial charge in [0.2, 0.25) is 5.91 Å². The SMILES string of the molecule is CCc1ccccc1NC(=O)CSc1nnc(C(C)Oc2ccccc2C)n1C. The van der Waals surface area contributed by atoms with Crippen LogP contribution in [0.3, 0.4) is 0 Å². The molecular weight excluding hydrogens is 384 g/mol. The van der Waals surface area contributed by atoms with Gasteiger partial charge in [0, 0.05) is 12.7 Å². The second-order valence-electron chi connectivity index (χ2n) is 6.77. The van der Waals surface area contributed by atoms with Crippen molar-refractivity contribution < 1.29 is 9.53 Å². The van der Waals surface area contributed by atoms with Crippen LogP contribution in [0.1, 0.15) is 36.9 Å². The molecular formula is C22H26N4O2S. The van der Waals surface area contributed by atoms with E-state index in [0.717, 1.165) is 29.0 Å². The summed E-state index contributed by atoms with van der Waals surface area (Å²) in [6.07, 6.45) is 0.614. The van der Waals surface area contributed by atoms with E-state index in [0.29, 0.717) is 11.0 Å². The van der Waals surface area contributed by atoms with E-state index in [1.165, 1.54) is 11.8 Å². The number of carbonyl (C=O) groups excluding carboxylic acids is 1. The van der Waals surface area contributed by atoms with E-state index < -0.39 is 0 Å². The Labute approximate surface area is 175 Å². The molecule has 0 bridgehead atoms. The lowest BCUT2D eigenvalue weighted by atomic mass is 10.1. The van der Waals surface area contributed by atoms with Gasteiger partial charge in [0.15, 0.2) is 17.1 Å². The number of anilines is 1. The Morgan fingerprint density at radius 3 is 2.66 bits per heavy atom. The number of hydrogen-bond acceptors (Lipinski definition) is 5. The Hall–Kier alpha value is -2.80. The molecule has 1 N–H and O–H groups in total. The molecule has 7 heteroatoms. The molecule has 0 radical (unpaired) electrons. The van der Waals surface area contributed by atoms with E-state index in [1.54, 1.807) is 0 Å². The summed E-state index contributed by atoms with van der Waals surface area (Å²) in [6.45, 7) is 6.02. The number of nitrogens with one attached hydrogen (secondary N) is 1. The molecule has 1 heterocycles. The normalized spacial score (nSPS) is 11.9. The van der Waals surface area contributed by atoms with Crippen molar-refractivity contribution in [3.8, 4) is 5.75 Å². The predicted octanol–water partition coefficient (Wildman–Crippen LogP) is 4.56. The largest absolute Gasteiger partial charge is 0.482 e. The van der Waals surface area contributed by atoms with Crippen LogP contribution in [0.2, 0.25) is 0 Å². The quantitative estimate of drug-likeness (QED) is 0.552.